The van der Waals surface area contributed by atoms with Gasteiger partial charge in [-0.25, -0.2) is 4.79 Å². The van der Waals surface area contributed by atoms with E-state index >= 15 is 0 Å². The van der Waals surface area contributed by atoms with E-state index in [0.717, 1.165) is 6.54 Å². The van der Waals surface area contributed by atoms with Crippen LogP contribution in [-0.4, -0.2) is 42.3 Å². The summed E-state index contributed by atoms with van der Waals surface area (Å²) in [5.41, 5.74) is -0.426. The van der Waals surface area contributed by atoms with Crippen LogP contribution in [0.25, 0.3) is 0 Å². The van der Waals surface area contributed by atoms with E-state index in [2.05, 4.69) is 19.2 Å². The van der Waals surface area contributed by atoms with Crippen molar-refractivity contribution in [1.29, 1.82) is 0 Å². The molecule has 4 nitrogen and oxygen atoms in total. The summed E-state index contributed by atoms with van der Waals surface area (Å²) in [4.78, 5) is 13.8. The molecular weight excluding hydrogens is 252 g/mol. The van der Waals surface area contributed by atoms with Gasteiger partial charge in [0.1, 0.15) is 5.60 Å². The van der Waals surface area contributed by atoms with Gasteiger partial charge in [0.15, 0.2) is 0 Å². The molecule has 0 aromatic heterocycles. The number of carbonyl (C=O) groups excluding carboxylic acids is 1. The van der Waals surface area contributed by atoms with Crippen molar-refractivity contribution in [3.63, 3.8) is 0 Å². The van der Waals surface area contributed by atoms with Crippen molar-refractivity contribution in [1.82, 2.24) is 10.2 Å². The summed E-state index contributed by atoms with van der Waals surface area (Å²) in [7, 11) is 0. The summed E-state index contributed by atoms with van der Waals surface area (Å²) in [6.07, 6.45) is 4.57. The minimum Gasteiger partial charge on any atom is -0.444 e. The van der Waals surface area contributed by atoms with Crippen LogP contribution in [0.1, 0.15) is 67.2 Å². The van der Waals surface area contributed by atoms with Crippen molar-refractivity contribution in [2.75, 3.05) is 19.6 Å². The maximum Gasteiger partial charge on any atom is 0.410 e. The van der Waals surface area contributed by atoms with Crippen molar-refractivity contribution in [3.05, 3.63) is 0 Å². The fourth-order valence-corrected chi connectivity index (χ4v) is 2.15. The summed E-state index contributed by atoms with van der Waals surface area (Å²) in [5, 5.41) is 3.55. The number of hydrogen-bond acceptors (Lipinski definition) is 3. The zero-order valence-electron chi connectivity index (χ0n) is 14.3. The van der Waals surface area contributed by atoms with Crippen molar-refractivity contribution in [2.45, 2.75) is 78.9 Å². The molecule has 0 spiro atoms. The highest BCUT2D eigenvalue weighted by Gasteiger charge is 2.20. The van der Waals surface area contributed by atoms with Gasteiger partial charge in [0.2, 0.25) is 0 Å². The topological polar surface area (TPSA) is 41.6 Å². The van der Waals surface area contributed by atoms with Gasteiger partial charge < -0.3 is 15.0 Å². The molecule has 20 heavy (non-hydrogen) atoms. The molecule has 0 heterocycles. The number of carbonyl (C=O) groups is 1. The monoisotopic (exact) mass is 286 g/mol. The van der Waals surface area contributed by atoms with E-state index in [1.165, 1.54) is 25.7 Å². The van der Waals surface area contributed by atoms with Gasteiger partial charge in [-0.3, -0.25) is 0 Å². The Balaban J connectivity index is 4.14. The lowest BCUT2D eigenvalue weighted by Gasteiger charge is -2.27. The first-order chi connectivity index (χ1) is 9.34. The Morgan fingerprint density at radius 2 is 1.70 bits per heavy atom. The minimum absolute atomic E-state index is 0.218. The van der Waals surface area contributed by atoms with E-state index in [1.807, 2.05) is 27.7 Å². The molecule has 0 saturated carbocycles. The molecule has 0 rings (SSSR count). The molecule has 4 heteroatoms. The molecule has 1 N–H and O–H groups in total. The standard InChI is InChI=1S/C16H34N2O2/c1-7-10-14(11-8-2)17-12-13-18(9-3)15(19)20-16(4,5)6/h14,17H,7-13H2,1-6H3. The van der Waals surface area contributed by atoms with Crippen LogP contribution >= 0.6 is 0 Å². The van der Waals surface area contributed by atoms with E-state index in [-0.39, 0.29) is 6.09 Å². The Morgan fingerprint density at radius 1 is 1.15 bits per heavy atom. The lowest BCUT2D eigenvalue weighted by atomic mass is 10.1. The van der Waals surface area contributed by atoms with Crippen molar-refractivity contribution in [3.8, 4) is 0 Å². The van der Waals surface area contributed by atoms with Crippen LogP contribution in [0.5, 0.6) is 0 Å². The first-order valence-corrected chi connectivity index (χ1v) is 8.05. The summed E-state index contributed by atoms with van der Waals surface area (Å²) >= 11 is 0. The average Bonchev–Trinajstić information content (AvgIpc) is 2.32. The third-order valence-electron chi connectivity index (χ3n) is 3.12. The molecule has 1 amide bonds. The van der Waals surface area contributed by atoms with Crippen molar-refractivity contribution >= 4 is 6.09 Å². The highest BCUT2D eigenvalue weighted by molar-refractivity contribution is 5.68. The van der Waals surface area contributed by atoms with Crippen LogP contribution in [0.15, 0.2) is 0 Å². The molecule has 0 radical (unpaired) electrons. The van der Waals surface area contributed by atoms with Crippen molar-refractivity contribution in [2.24, 2.45) is 0 Å². The van der Waals surface area contributed by atoms with Gasteiger partial charge in [-0.05, 0) is 40.5 Å². The Bertz CT molecular complexity index is 256. The second kappa shape index (κ2) is 10.0. The van der Waals surface area contributed by atoms with Gasteiger partial charge in [-0.1, -0.05) is 26.7 Å². The number of hydrogen-bond donors (Lipinski definition) is 1. The highest BCUT2D eigenvalue weighted by Crippen LogP contribution is 2.10. The fourth-order valence-electron chi connectivity index (χ4n) is 2.15. The summed E-state index contributed by atoms with van der Waals surface area (Å²) in [5.74, 6) is 0. The van der Waals surface area contributed by atoms with Crippen LogP contribution in [-0.2, 0) is 4.74 Å². The zero-order chi connectivity index (χ0) is 15.6. The van der Waals surface area contributed by atoms with Gasteiger partial charge in [0.25, 0.3) is 0 Å². The molecule has 0 fully saturated rings. The number of nitrogens with one attached hydrogen (secondary N) is 1. The van der Waals surface area contributed by atoms with Crippen molar-refractivity contribution < 1.29 is 9.53 Å². The van der Waals surface area contributed by atoms with E-state index in [9.17, 15) is 4.79 Å². The second-order valence-electron chi connectivity index (χ2n) is 6.29. The smallest absolute Gasteiger partial charge is 0.410 e. The molecule has 0 aromatic rings. The van der Waals surface area contributed by atoms with Crippen LogP contribution in [0.3, 0.4) is 0 Å². The minimum atomic E-state index is -0.426. The number of rotatable bonds is 9. The van der Waals surface area contributed by atoms with Crippen LogP contribution < -0.4 is 5.32 Å². The molecular formula is C16H34N2O2. The molecule has 0 unspecified atom stereocenters. The van der Waals surface area contributed by atoms with E-state index in [0.29, 0.717) is 19.1 Å². The zero-order valence-corrected chi connectivity index (χ0v) is 14.3. The molecule has 0 aliphatic rings. The Hall–Kier alpha value is -0.770. The maximum absolute atomic E-state index is 12.0. The second-order valence-corrected chi connectivity index (χ2v) is 6.29. The van der Waals surface area contributed by atoms with Gasteiger partial charge in [0, 0.05) is 25.7 Å². The third kappa shape index (κ3) is 9.18. The van der Waals surface area contributed by atoms with Crippen LogP contribution in [0, 0.1) is 0 Å². The van der Waals surface area contributed by atoms with E-state index in [1.54, 1.807) is 4.90 Å². The summed E-state index contributed by atoms with van der Waals surface area (Å²) in [6, 6.07) is 0.572. The molecule has 0 bridgehead atoms. The normalized spacial score (nSPS) is 11.8. The molecule has 0 saturated heterocycles. The van der Waals surface area contributed by atoms with Crippen LogP contribution in [0.4, 0.5) is 4.79 Å². The third-order valence-corrected chi connectivity index (χ3v) is 3.12. The molecule has 0 atom stereocenters. The van der Waals surface area contributed by atoms with Gasteiger partial charge in [0.05, 0.1) is 0 Å². The quantitative estimate of drug-likeness (QED) is 0.701. The highest BCUT2D eigenvalue weighted by atomic mass is 16.6. The lowest BCUT2D eigenvalue weighted by Crippen LogP contribution is -2.42. The number of ether oxygens (including phenoxy) is 1. The largest absolute Gasteiger partial charge is 0.444 e. The predicted octanol–water partition coefficient (Wildman–Crippen LogP) is 3.80. The Morgan fingerprint density at radius 3 is 2.10 bits per heavy atom. The Labute approximate surface area is 125 Å². The first-order valence-electron chi connectivity index (χ1n) is 8.05. The molecule has 0 aliphatic heterocycles. The average molecular weight is 286 g/mol. The van der Waals surface area contributed by atoms with E-state index in [4.69, 9.17) is 4.74 Å². The Kier molecular flexibility index (Phi) is 9.64. The van der Waals surface area contributed by atoms with Gasteiger partial charge >= 0.3 is 6.09 Å². The summed E-state index contributed by atoms with van der Waals surface area (Å²) < 4.78 is 5.40. The lowest BCUT2D eigenvalue weighted by molar-refractivity contribution is 0.0260. The van der Waals surface area contributed by atoms with E-state index < -0.39 is 5.60 Å². The fraction of sp³-hybridized carbons (Fsp3) is 0.938. The number of amides is 1. The van der Waals surface area contributed by atoms with Gasteiger partial charge in [-0.15, -0.1) is 0 Å². The molecule has 120 valence electrons. The number of likely N-dealkylation sites (N-methyl/N-ethyl adjacent to an activating group) is 1. The predicted molar refractivity (Wildman–Crippen MR) is 85.1 cm³/mol. The summed E-state index contributed by atoms with van der Waals surface area (Å²) in [6.45, 7) is 14.3. The van der Waals surface area contributed by atoms with Gasteiger partial charge in [-0.2, -0.15) is 0 Å². The maximum atomic E-state index is 12.0. The molecule has 0 aliphatic carbocycles. The molecule has 0 aromatic carbocycles. The first kappa shape index (κ1) is 19.2. The van der Waals surface area contributed by atoms with Crippen LogP contribution in [0.2, 0.25) is 0 Å². The SMILES string of the molecule is CCCC(CCC)NCCN(CC)C(=O)OC(C)(C)C. The number of nitrogens with zero attached hydrogens (tertiary/aromatic N) is 1.